The second kappa shape index (κ2) is 10.2. The van der Waals surface area contributed by atoms with Gasteiger partial charge in [0.15, 0.2) is 11.5 Å². The van der Waals surface area contributed by atoms with Gasteiger partial charge in [0.1, 0.15) is 0 Å². The number of benzene rings is 1. The molecule has 0 radical (unpaired) electrons. The zero-order chi connectivity index (χ0) is 23.7. The number of carbonyl (C=O) groups excluding carboxylic acids is 2. The smallest absolute Gasteiger partial charge is 0.230 e. The number of hydrogen-bond acceptors (Lipinski definition) is 6. The summed E-state index contributed by atoms with van der Waals surface area (Å²) in [6.07, 6.45) is 7.56. The lowest BCUT2D eigenvalue weighted by Crippen LogP contribution is -2.68. The molecule has 8 heteroatoms. The van der Waals surface area contributed by atoms with Crippen LogP contribution >= 0.6 is 11.8 Å². The van der Waals surface area contributed by atoms with Crippen LogP contribution in [0.25, 0.3) is 0 Å². The van der Waals surface area contributed by atoms with Gasteiger partial charge in [-0.1, -0.05) is 61.4 Å². The number of fused-ring (bicyclic) bond motifs is 3. The summed E-state index contributed by atoms with van der Waals surface area (Å²) in [5.41, 5.74) is 5.77. The number of amides is 2. The molecule has 0 aromatic heterocycles. The van der Waals surface area contributed by atoms with Crippen molar-refractivity contribution in [2.75, 3.05) is 6.54 Å². The number of nitrogens with zero attached hydrogens (tertiary/aromatic N) is 3. The van der Waals surface area contributed by atoms with Crippen molar-refractivity contribution < 1.29 is 9.59 Å². The number of amidine groups is 1. The maximum absolute atomic E-state index is 13.5. The SMILES string of the molecule is CCCN1C(=O)C2CCC(C(=O)NC3CCCC3)CC2N2C(SCc3ccc(C)cc3)=NNC12. The Morgan fingerprint density at radius 2 is 1.94 bits per heavy atom. The van der Waals surface area contributed by atoms with Gasteiger partial charge in [-0.3, -0.25) is 15.0 Å². The average molecular weight is 484 g/mol. The van der Waals surface area contributed by atoms with Gasteiger partial charge in [-0.25, -0.2) is 0 Å². The second-order valence-electron chi connectivity index (χ2n) is 10.3. The standard InChI is InChI=1S/C26H37N5O2S/c1-3-14-30-24(33)21-13-12-19(23(32)27-20-6-4-5-7-20)15-22(21)31-25(30)28-29-26(31)34-16-18-10-8-17(2)9-11-18/h8-11,19-22,25,28H,3-7,12-16H2,1-2H3,(H,27,32). The summed E-state index contributed by atoms with van der Waals surface area (Å²) in [6, 6.07) is 8.96. The molecule has 2 saturated carbocycles. The quantitative estimate of drug-likeness (QED) is 0.644. The molecule has 1 aromatic rings. The lowest BCUT2D eigenvalue weighted by molar-refractivity contribution is -0.157. The zero-order valence-corrected chi connectivity index (χ0v) is 21.2. The number of nitrogens with one attached hydrogen (secondary N) is 2. The van der Waals surface area contributed by atoms with E-state index in [0.717, 1.165) is 49.4 Å². The molecule has 2 amide bonds. The van der Waals surface area contributed by atoms with Crippen LogP contribution in [0.1, 0.15) is 69.4 Å². The van der Waals surface area contributed by atoms with E-state index in [0.29, 0.717) is 12.6 Å². The fourth-order valence-electron chi connectivity index (χ4n) is 6.00. The summed E-state index contributed by atoms with van der Waals surface area (Å²) in [7, 11) is 0. The minimum atomic E-state index is -0.245. The lowest BCUT2D eigenvalue weighted by atomic mass is 9.75. The van der Waals surface area contributed by atoms with E-state index in [1.807, 2.05) is 4.90 Å². The molecule has 2 heterocycles. The van der Waals surface area contributed by atoms with Crippen LogP contribution in [-0.4, -0.2) is 51.7 Å². The van der Waals surface area contributed by atoms with E-state index in [-0.39, 0.29) is 36.0 Å². The van der Waals surface area contributed by atoms with Crippen molar-refractivity contribution >= 4 is 28.7 Å². The van der Waals surface area contributed by atoms with E-state index in [4.69, 9.17) is 0 Å². The highest BCUT2D eigenvalue weighted by Gasteiger charge is 2.52. The maximum atomic E-state index is 13.5. The number of hydrazone groups is 1. The molecule has 4 unspecified atom stereocenters. The van der Waals surface area contributed by atoms with Crippen molar-refractivity contribution in [3.63, 3.8) is 0 Å². The second-order valence-corrected chi connectivity index (χ2v) is 11.2. The van der Waals surface area contributed by atoms with E-state index in [1.165, 1.54) is 24.0 Å². The third-order valence-electron chi connectivity index (χ3n) is 7.85. The molecular formula is C26H37N5O2S. The number of rotatable bonds is 6. The molecule has 4 aliphatic rings. The molecule has 5 rings (SSSR count). The van der Waals surface area contributed by atoms with Crippen LogP contribution in [0.3, 0.4) is 0 Å². The third-order valence-corrected chi connectivity index (χ3v) is 8.89. The fourth-order valence-corrected chi connectivity index (χ4v) is 6.99. The minimum absolute atomic E-state index is 0.0120. The molecule has 1 aromatic carbocycles. The molecule has 2 N–H and O–H groups in total. The predicted molar refractivity (Wildman–Crippen MR) is 136 cm³/mol. The van der Waals surface area contributed by atoms with Crippen LogP contribution in [0.2, 0.25) is 0 Å². The molecule has 0 bridgehead atoms. The van der Waals surface area contributed by atoms with Gasteiger partial charge >= 0.3 is 0 Å². The highest BCUT2D eigenvalue weighted by Crippen LogP contribution is 2.41. The predicted octanol–water partition coefficient (Wildman–Crippen LogP) is 3.78. The van der Waals surface area contributed by atoms with E-state index in [9.17, 15) is 9.59 Å². The summed E-state index contributed by atoms with van der Waals surface area (Å²) in [5.74, 6) is 1.13. The lowest BCUT2D eigenvalue weighted by Gasteiger charge is -2.51. The van der Waals surface area contributed by atoms with Gasteiger partial charge in [0.05, 0.1) is 5.92 Å². The Kier molecular flexibility index (Phi) is 7.04. The first-order valence-electron chi connectivity index (χ1n) is 13.0. The first kappa shape index (κ1) is 23.5. The average Bonchev–Trinajstić information content (AvgIpc) is 3.51. The van der Waals surface area contributed by atoms with Gasteiger partial charge in [0.2, 0.25) is 11.8 Å². The van der Waals surface area contributed by atoms with Crippen molar-refractivity contribution in [3.8, 4) is 0 Å². The molecule has 1 saturated heterocycles. The Labute approximate surface area is 207 Å². The van der Waals surface area contributed by atoms with E-state index in [1.54, 1.807) is 11.8 Å². The fraction of sp³-hybridized carbons (Fsp3) is 0.654. The third kappa shape index (κ3) is 4.66. The van der Waals surface area contributed by atoms with Crippen LogP contribution in [0, 0.1) is 18.8 Å². The number of aryl methyl sites for hydroxylation is 1. The first-order chi connectivity index (χ1) is 16.5. The number of thioether (sulfide) groups is 1. The van der Waals surface area contributed by atoms with E-state index < -0.39 is 0 Å². The van der Waals surface area contributed by atoms with Crippen LogP contribution in [0.4, 0.5) is 0 Å². The summed E-state index contributed by atoms with van der Waals surface area (Å²) < 4.78 is 0. The topological polar surface area (TPSA) is 77.0 Å². The van der Waals surface area contributed by atoms with E-state index in [2.05, 4.69) is 58.9 Å². The van der Waals surface area contributed by atoms with Gasteiger partial charge in [-0.2, -0.15) is 5.10 Å². The number of hydrogen-bond donors (Lipinski definition) is 2. The molecule has 4 atom stereocenters. The molecular weight excluding hydrogens is 446 g/mol. The van der Waals surface area contributed by atoms with Crippen LogP contribution in [0.15, 0.2) is 29.4 Å². The summed E-state index contributed by atoms with van der Waals surface area (Å²) >= 11 is 1.72. The van der Waals surface area contributed by atoms with Crippen LogP contribution in [-0.2, 0) is 15.3 Å². The number of carbonyl (C=O) groups is 2. The first-order valence-corrected chi connectivity index (χ1v) is 13.9. The summed E-state index contributed by atoms with van der Waals surface area (Å²) in [5, 5.41) is 8.92. The monoisotopic (exact) mass is 483 g/mol. The van der Waals surface area contributed by atoms with Crippen LogP contribution < -0.4 is 10.7 Å². The van der Waals surface area contributed by atoms with Gasteiger partial charge in [-0.05, 0) is 51.0 Å². The van der Waals surface area contributed by atoms with E-state index >= 15 is 0 Å². The Bertz CT molecular complexity index is 930. The van der Waals surface area contributed by atoms with Gasteiger partial charge < -0.3 is 15.1 Å². The van der Waals surface area contributed by atoms with Gasteiger partial charge in [0.25, 0.3) is 0 Å². The Hall–Kier alpha value is -2.22. The summed E-state index contributed by atoms with van der Waals surface area (Å²) in [4.78, 5) is 30.9. The van der Waals surface area contributed by atoms with Crippen molar-refractivity contribution in [2.45, 2.75) is 89.3 Å². The summed E-state index contributed by atoms with van der Waals surface area (Å²) in [6.45, 7) is 4.92. The molecule has 0 spiro atoms. The maximum Gasteiger partial charge on any atom is 0.230 e. The van der Waals surface area contributed by atoms with Gasteiger partial charge in [-0.15, -0.1) is 0 Å². The molecule has 7 nitrogen and oxygen atoms in total. The highest BCUT2D eigenvalue weighted by atomic mass is 32.2. The van der Waals surface area contributed by atoms with Crippen molar-refractivity contribution in [2.24, 2.45) is 16.9 Å². The minimum Gasteiger partial charge on any atom is -0.353 e. The molecule has 34 heavy (non-hydrogen) atoms. The Balaban J connectivity index is 1.32. The van der Waals surface area contributed by atoms with Crippen molar-refractivity contribution in [1.82, 2.24) is 20.5 Å². The van der Waals surface area contributed by atoms with Crippen molar-refractivity contribution in [3.05, 3.63) is 35.4 Å². The molecule has 2 aliphatic carbocycles. The van der Waals surface area contributed by atoms with Crippen LogP contribution in [0.5, 0.6) is 0 Å². The Morgan fingerprint density at radius 3 is 2.68 bits per heavy atom. The zero-order valence-electron chi connectivity index (χ0n) is 20.3. The largest absolute Gasteiger partial charge is 0.353 e. The molecule has 184 valence electrons. The highest BCUT2D eigenvalue weighted by molar-refractivity contribution is 8.13. The normalized spacial score (nSPS) is 28.9. The molecule has 2 aliphatic heterocycles. The van der Waals surface area contributed by atoms with Gasteiger partial charge in [0, 0.05) is 30.3 Å². The van der Waals surface area contributed by atoms with Crippen molar-refractivity contribution in [1.29, 1.82) is 0 Å². The Morgan fingerprint density at radius 1 is 1.18 bits per heavy atom. The molecule has 3 fully saturated rings.